The fourth-order valence-electron chi connectivity index (χ4n) is 4.07. The zero-order valence-electron chi connectivity index (χ0n) is 18.3. The second-order valence-corrected chi connectivity index (χ2v) is 10.5. The maximum absolute atomic E-state index is 13.6. The molecule has 1 aromatic carbocycles. The van der Waals surface area contributed by atoms with Crippen LogP contribution in [0.5, 0.6) is 0 Å². The van der Waals surface area contributed by atoms with Gasteiger partial charge in [-0.1, -0.05) is 53.7 Å². The van der Waals surface area contributed by atoms with Gasteiger partial charge in [-0.15, -0.1) is 0 Å². The zero-order chi connectivity index (χ0) is 20.7. The molecule has 1 spiro atoms. The lowest BCUT2D eigenvalue weighted by atomic mass is 9.82. The first-order chi connectivity index (χ1) is 12.9. The third-order valence-corrected chi connectivity index (χ3v) is 5.85. The first kappa shape index (κ1) is 20.7. The van der Waals surface area contributed by atoms with Crippen LogP contribution in [0.4, 0.5) is 11.4 Å². The number of nitrogens with one attached hydrogen (secondary N) is 1. The molecule has 0 unspecified atom stereocenters. The van der Waals surface area contributed by atoms with E-state index in [-0.39, 0.29) is 22.6 Å². The molecule has 28 heavy (non-hydrogen) atoms. The minimum Gasteiger partial charge on any atom is -0.369 e. The summed E-state index contributed by atoms with van der Waals surface area (Å²) < 4.78 is 0. The highest BCUT2D eigenvalue weighted by molar-refractivity contribution is 6.08. The fraction of sp³-hybridized carbons (Fsp3) is 0.652. The Morgan fingerprint density at radius 1 is 1.07 bits per heavy atom. The average molecular weight is 386 g/mol. The second kappa shape index (κ2) is 7.09. The molecule has 0 saturated carbocycles. The molecular weight excluding hydrogens is 350 g/mol. The van der Waals surface area contributed by atoms with Gasteiger partial charge in [0.25, 0.3) is 5.91 Å². The van der Waals surface area contributed by atoms with E-state index < -0.39 is 5.54 Å². The number of benzene rings is 1. The van der Waals surface area contributed by atoms with Gasteiger partial charge < -0.3 is 15.1 Å². The maximum atomic E-state index is 13.6. The number of nitrogens with zero attached hydrogens (tertiary/aromatic N) is 2. The Morgan fingerprint density at radius 2 is 1.68 bits per heavy atom. The van der Waals surface area contributed by atoms with Crippen LogP contribution in [-0.2, 0) is 9.59 Å². The lowest BCUT2D eigenvalue weighted by molar-refractivity contribution is -0.142. The first-order valence-electron chi connectivity index (χ1n) is 10.4. The maximum Gasteiger partial charge on any atom is 0.252 e. The molecule has 1 aromatic rings. The molecule has 0 atom stereocenters. The van der Waals surface area contributed by atoms with Crippen molar-refractivity contribution in [3.63, 3.8) is 0 Å². The predicted molar refractivity (Wildman–Crippen MR) is 114 cm³/mol. The summed E-state index contributed by atoms with van der Waals surface area (Å²) in [4.78, 5) is 30.2. The highest BCUT2D eigenvalue weighted by Gasteiger charge is 2.48. The summed E-state index contributed by atoms with van der Waals surface area (Å²) in [5.41, 5.74) is 1.15. The van der Waals surface area contributed by atoms with Crippen LogP contribution in [0, 0.1) is 10.8 Å². The van der Waals surface area contributed by atoms with Crippen molar-refractivity contribution in [1.82, 2.24) is 4.90 Å². The molecule has 2 aliphatic rings. The van der Waals surface area contributed by atoms with Crippen LogP contribution in [0.2, 0.25) is 0 Å². The molecule has 5 nitrogen and oxygen atoms in total. The molecule has 2 heterocycles. The molecule has 1 fully saturated rings. The molecule has 5 heteroatoms. The largest absolute Gasteiger partial charge is 0.369 e. The summed E-state index contributed by atoms with van der Waals surface area (Å²) in [6.45, 7) is 14.4. The van der Waals surface area contributed by atoms with Gasteiger partial charge in [0.1, 0.15) is 5.54 Å². The minimum atomic E-state index is -0.610. The van der Waals surface area contributed by atoms with Crippen molar-refractivity contribution in [1.29, 1.82) is 0 Å². The average Bonchev–Trinajstić information content (AvgIpc) is 2.61. The predicted octanol–water partition coefficient (Wildman–Crippen LogP) is 4.29. The fourth-order valence-corrected chi connectivity index (χ4v) is 4.07. The van der Waals surface area contributed by atoms with Gasteiger partial charge >= 0.3 is 0 Å². The minimum absolute atomic E-state index is 0.151. The summed E-state index contributed by atoms with van der Waals surface area (Å²) in [5.74, 6) is 0.314. The third kappa shape index (κ3) is 4.03. The number of carbonyl (C=O) groups excluding carboxylic acids is 2. The Morgan fingerprint density at radius 3 is 2.25 bits per heavy atom. The number of fused-ring (bicyclic) bond motifs is 1. The number of likely N-dealkylation sites (tertiary alicyclic amines) is 1. The molecule has 2 amide bonds. The van der Waals surface area contributed by atoms with Crippen molar-refractivity contribution in [3.8, 4) is 0 Å². The molecule has 3 rings (SSSR count). The Labute approximate surface area is 169 Å². The molecule has 2 aliphatic heterocycles. The molecule has 154 valence electrons. The molecule has 0 radical (unpaired) electrons. The Kier molecular flexibility index (Phi) is 5.24. The van der Waals surface area contributed by atoms with Crippen LogP contribution < -0.4 is 10.2 Å². The first-order valence-corrected chi connectivity index (χ1v) is 10.4. The van der Waals surface area contributed by atoms with Gasteiger partial charge in [0.15, 0.2) is 0 Å². The summed E-state index contributed by atoms with van der Waals surface area (Å²) >= 11 is 0. The van der Waals surface area contributed by atoms with Gasteiger partial charge in [0.05, 0.1) is 11.4 Å². The Bertz CT molecular complexity index is 750. The zero-order valence-corrected chi connectivity index (χ0v) is 18.3. The van der Waals surface area contributed by atoms with Crippen LogP contribution in [0.3, 0.4) is 0 Å². The van der Waals surface area contributed by atoms with Gasteiger partial charge in [0, 0.05) is 25.0 Å². The van der Waals surface area contributed by atoms with Crippen molar-refractivity contribution in [3.05, 3.63) is 24.3 Å². The topological polar surface area (TPSA) is 52.7 Å². The summed E-state index contributed by atoms with van der Waals surface area (Å²) in [5, 5.41) is 3.56. The van der Waals surface area contributed by atoms with Crippen molar-refractivity contribution in [2.24, 2.45) is 10.8 Å². The van der Waals surface area contributed by atoms with E-state index in [1.165, 1.54) is 0 Å². The lowest BCUT2D eigenvalue weighted by Gasteiger charge is -2.48. The van der Waals surface area contributed by atoms with Gasteiger partial charge in [-0.2, -0.15) is 0 Å². The number of rotatable bonds is 2. The lowest BCUT2D eigenvalue weighted by Crippen LogP contribution is -2.63. The number of anilines is 2. The van der Waals surface area contributed by atoms with Crippen molar-refractivity contribution >= 4 is 23.2 Å². The second-order valence-electron chi connectivity index (χ2n) is 10.5. The SMILES string of the molecule is CC(C)(C)CCN1C(=O)C2(CCN(C(=O)C(C)(C)C)CC2)Nc2ccccc21. The number of carbonyl (C=O) groups is 2. The number of para-hydroxylation sites is 2. The van der Waals surface area contributed by atoms with Crippen molar-refractivity contribution in [2.75, 3.05) is 29.9 Å². The summed E-state index contributed by atoms with van der Waals surface area (Å²) in [6.07, 6.45) is 2.24. The molecule has 1 N–H and O–H groups in total. The van der Waals surface area contributed by atoms with E-state index in [1.807, 2.05) is 48.8 Å². The van der Waals surface area contributed by atoms with Crippen molar-refractivity contribution in [2.45, 2.75) is 66.3 Å². The molecule has 0 aromatic heterocycles. The van der Waals surface area contributed by atoms with Crippen LogP contribution in [0.1, 0.15) is 60.8 Å². The summed E-state index contributed by atoms with van der Waals surface area (Å²) in [7, 11) is 0. The molecule has 0 bridgehead atoms. The van der Waals surface area contributed by atoms with E-state index in [1.54, 1.807) is 0 Å². The Hall–Kier alpha value is -2.04. The summed E-state index contributed by atoms with van der Waals surface area (Å²) in [6, 6.07) is 8.07. The van der Waals surface area contributed by atoms with Gasteiger partial charge in [0.2, 0.25) is 5.91 Å². The highest BCUT2D eigenvalue weighted by atomic mass is 16.2. The number of hydrogen-bond donors (Lipinski definition) is 1. The van der Waals surface area contributed by atoms with Crippen molar-refractivity contribution < 1.29 is 9.59 Å². The van der Waals surface area contributed by atoms with Gasteiger partial charge in [-0.3, -0.25) is 9.59 Å². The smallest absolute Gasteiger partial charge is 0.252 e. The molecular formula is C23H35N3O2. The van der Waals surface area contributed by atoms with Gasteiger partial charge in [-0.05, 0) is 36.8 Å². The number of piperidine rings is 1. The van der Waals surface area contributed by atoms with Crippen LogP contribution in [0.15, 0.2) is 24.3 Å². The third-order valence-electron chi connectivity index (χ3n) is 5.85. The van der Waals surface area contributed by atoms with Crippen LogP contribution in [-0.4, -0.2) is 41.9 Å². The van der Waals surface area contributed by atoms with E-state index in [4.69, 9.17) is 0 Å². The van der Waals surface area contributed by atoms with E-state index in [9.17, 15) is 9.59 Å². The standard InChI is InChI=1S/C23H35N3O2/c1-21(2,3)11-16-26-18-10-8-7-9-17(18)24-23(20(26)28)12-14-25(15-13-23)19(27)22(4,5)6/h7-10,24H,11-16H2,1-6H3. The number of amides is 2. The molecule has 0 aliphatic carbocycles. The number of hydrogen-bond acceptors (Lipinski definition) is 3. The quantitative estimate of drug-likeness (QED) is 0.826. The van der Waals surface area contributed by atoms with E-state index in [0.29, 0.717) is 32.5 Å². The normalized spacial score (nSPS) is 19.4. The van der Waals surface area contributed by atoms with Gasteiger partial charge in [-0.25, -0.2) is 0 Å². The van der Waals surface area contributed by atoms with E-state index >= 15 is 0 Å². The Balaban J connectivity index is 1.83. The van der Waals surface area contributed by atoms with E-state index in [2.05, 4.69) is 32.2 Å². The monoisotopic (exact) mass is 385 g/mol. The molecule has 1 saturated heterocycles. The van der Waals surface area contributed by atoms with Crippen LogP contribution >= 0.6 is 0 Å². The van der Waals surface area contributed by atoms with E-state index in [0.717, 1.165) is 17.8 Å². The van der Waals surface area contributed by atoms with Crippen LogP contribution in [0.25, 0.3) is 0 Å². The highest BCUT2D eigenvalue weighted by Crippen LogP contribution is 2.41.